The van der Waals surface area contributed by atoms with Crippen LogP contribution in [0.3, 0.4) is 0 Å². The molecule has 0 bridgehead atoms. The van der Waals surface area contributed by atoms with E-state index in [1.54, 1.807) is 10.7 Å². The standard InChI is InChI=1S/C18H20N6OS/c25-16(20-13-6-2-1-3-7-13)12-26-17-10-9-15-21-22-18(24(15)23-17)14-8-4-5-11-19-14/h4-5,8-11,13H,1-3,6-7,12H2,(H,20,25). The molecular formula is C18H20N6OS. The third-order valence-corrected chi connectivity index (χ3v) is 5.37. The summed E-state index contributed by atoms with van der Waals surface area (Å²) in [6.07, 6.45) is 7.59. The number of carbonyl (C=O) groups excluding carboxylic acids is 1. The molecule has 7 nitrogen and oxygen atoms in total. The maximum atomic E-state index is 12.2. The van der Waals surface area contributed by atoms with Crippen LogP contribution in [0.4, 0.5) is 0 Å². The van der Waals surface area contributed by atoms with Gasteiger partial charge in [0.25, 0.3) is 0 Å². The van der Waals surface area contributed by atoms with Gasteiger partial charge in [0.2, 0.25) is 11.7 Å². The van der Waals surface area contributed by atoms with Crippen LogP contribution in [0.5, 0.6) is 0 Å². The predicted molar refractivity (Wildman–Crippen MR) is 99.8 cm³/mol. The third-order valence-electron chi connectivity index (χ3n) is 4.45. The zero-order valence-corrected chi connectivity index (χ0v) is 15.2. The van der Waals surface area contributed by atoms with E-state index in [1.165, 1.54) is 31.0 Å². The van der Waals surface area contributed by atoms with E-state index in [0.717, 1.165) is 17.9 Å². The molecule has 4 rings (SSSR count). The average molecular weight is 368 g/mol. The lowest BCUT2D eigenvalue weighted by Gasteiger charge is -2.22. The Balaban J connectivity index is 1.44. The topological polar surface area (TPSA) is 85.1 Å². The lowest BCUT2D eigenvalue weighted by Crippen LogP contribution is -2.37. The van der Waals surface area contributed by atoms with Crippen molar-refractivity contribution in [1.82, 2.24) is 30.1 Å². The van der Waals surface area contributed by atoms with E-state index in [4.69, 9.17) is 0 Å². The summed E-state index contributed by atoms with van der Waals surface area (Å²) in [5.74, 6) is 1.02. The van der Waals surface area contributed by atoms with E-state index < -0.39 is 0 Å². The number of carbonyl (C=O) groups is 1. The Hall–Kier alpha value is -2.48. The van der Waals surface area contributed by atoms with Gasteiger partial charge in [-0.05, 0) is 37.1 Å². The summed E-state index contributed by atoms with van der Waals surface area (Å²) >= 11 is 1.42. The normalized spacial score (nSPS) is 15.2. The van der Waals surface area contributed by atoms with Gasteiger partial charge >= 0.3 is 0 Å². The first-order valence-electron chi connectivity index (χ1n) is 8.85. The van der Waals surface area contributed by atoms with Crippen LogP contribution in [-0.2, 0) is 4.79 Å². The highest BCUT2D eigenvalue weighted by Crippen LogP contribution is 2.20. The molecule has 1 amide bonds. The highest BCUT2D eigenvalue weighted by Gasteiger charge is 2.16. The molecule has 3 aromatic rings. The van der Waals surface area contributed by atoms with Crippen LogP contribution in [0.15, 0.2) is 41.6 Å². The van der Waals surface area contributed by atoms with Gasteiger partial charge in [-0.15, -0.1) is 10.2 Å². The van der Waals surface area contributed by atoms with E-state index in [0.29, 0.717) is 29.0 Å². The molecular weight excluding hydrogens is 348 g/mol. The molecule has 0 aromatic carbocycles. The van der Waals surface area contributed by atoms with Crippen molar-refractivity contribution < 1.29 is 4.79 Å². The van der Waals surface area contributed by atoms with Gasteiger partial charge in [0.05, 0.1) is 5.75 Å². The van der Waals surface area contributed by atoms with Gasteiger partial charge in [-0.3, -0.25) is 9.78 Å². The van der Waals surface area contributed by atoms with Crippen molar-refractivity contribution >= 4 is 23.3 Å². The van der Waals surface area contributed by atoms with Crippen molar-refractivity contribution in [1.29, 1.82) is 0 Å². The predicted octanol–water partition coefficient (Wildman–Crippen LogP) is 2.73. The fraction of sp³-hybridized carbons (Fsp3) is 0.389. The van der Waals surface area contributed by atoms with Crippen LogP contribution in [-0.4, -0.2) is 42.5 Å². The van der Waals surface area contributed by atoms with Gasteiger partial charge in [-0.2, -0.15) is 9.61 Å². The Labute approximate surface area is 155 Å². The van der Waals surface area contributed by atoms with Gasteiger partial charge in [0, 0.05) is 12.2 Å². The molecule has 1 N–H and O–H groups in total. The van der Waals surface area contributed by atoms with Gasteiger partial charge in [-0.25, -0.2) is 0 Å². The molecule has 1 aliphatic rings. The number of nitrogens with one attached hydrogen (secondary N) is 1. The lowest BCUT2D eigenvalue weighted by molar-refractivity contribution is -0.119. The van der Waals surface area contributed by atoms with Gasteiger partial charge in [0.15, 0.2) is 5.65 Å². The summed E-state index contributed by atoms with van der Waals surface area (Å²) in [7, 11) is 0. The number of thioether (sulfide) groups is 1. The first kappa shape index (κ1) is 17.0. The molecule has 26 heavy (non-hydrogen) atoms. The molecule has 8 heteroatoms. The molecule has 3 heterocycles. The Morgan fingerprint density at radius 3 is 2.85 bits per heavy atom. The summed E-state index contributed by atoms with van der Waals surface area (Å²) < 4.78 is 1.67. The van der Waals surface area contributed by atoms with Crippen molar-refractivity contribution in [2.75, 3.05) is 5.75 Å². The van der Waals surface area contributed by atoms with Crippen LogP contribution in [0.2, 0.25) is 0 Å². The summed E-state index contributed by atoms with van der Waals surface area (Å²) in [6, 6.07) is 9.68. The molecule has 0 spiro atoms. The second kappa shape index (κ2) is 7.82. The number of aromatic nitrogens is 5. The minimum absolute atomic E-state index is 0.0671. The molecule has 0 atom stereocenters. The second-order valence-electron chi connectivity index (χ2n) is 6.37. The minimum atomic E-state index is 0.0671. The maximum Gasteiger partial charge on any atom is 0.230 e. The van der Waals surface area contributed by atoms with Crippen LogP contribution in [0, 0.1) is 0 Å². The van der Waals surface area contributed by atoms with E-state index in [9.17, 15) is 4.79 Å². The summed E-state index contributed by atoms with van der Waals surface area (Å²) in [4.78, 5) is 16.5. The Morgan fingerprint density at radius 1 is 1.15 bits per heavy atom. The van der Waals surface area contributed by atoms with E-state index in [1.807, 2.05) is 30.3 Å². The largest absolute Gasteiger partial charge is 0.353 e. The number of hydrogen-bond donors (Lipinski definition) is 1. The zero-order valence-electron chi connectivity index (χ0n) is 14.3. The molecule has 1 fully saturated rings. The number of rotatable bonds is 5. The molecule has 3 aromatic heterocycles. The Bertz CT molecular complexity index is 891. The van der Waals surface area contributed by atoms with Gasteiger partial charge < -0.3 is 5.32 Å². The fourth-order valence-electron chi connectivity index (χ4n) is 3.16. The number of nitrogens with zero attached hydrogens (tertiary/aromatic N) is 5. The quantitative estimate of drug-likeness (QED) is 0.697. The van der Waals surface area contributed by atoms with Crippen molar-refractivity contribution in [3.8, 4) is 11.5 Å². The highest BCUT2D eigenvalue weighted by molar-refractivity contribution is 7.99. The molecule has 0 aliphatic heterocycles. The summed E-state index contributed by atoms with van der Waals surface area (Å²) in [5.41, 5.74) is 1.37. The highest BCUT2D eigenvalue weighted by atomic mass is 32.2. The number of hydrogen-bond acceptors (Lipinski definition) is 6. The first-order valence-corrected chi connectivity index (χ1v) is 9.84. The van der Waals surface area contributed by atoms with Crippen LogP contribution >= 0.6 is 11.8 Å². The molecule has 0 saturated heterocycles. The molecule has 134 valence electrons. The molecule has 0 unspecified atom stereocenters. The summed E-state index contributed by atoms with van der Waals surface area (Å²) in [6.45, 7) is 0. The van der Waals surface area contributed by atoms with Crippen LogP contribution in [0.1, 0.15) is 32.1 Å². The monoisotopic (exact) mass is 368 g/mol. The molecule has 0 radical (unpaired) electrons. The Kier molecular flexibility index (Phi) is 5.10. The van der Waals surface area contributed by atoms with E-state index in [-0.39, 0.29) is 5.91 Å². The smallest absolute Gasteiger partial charge is 0.230 e. The van der Waals surface area contributed by atoms with Gasteiger partial charge in [0.1, 0.15) is 10.7 Å². The first-order chi connectivity index (χ1) is 12.8. The molecule has 1 saturated carbocycles. The third kappa shape index (κ3) is 3.85. The van der Waals surface area contributed by atoms with Crippen molar-refractivity contribution in [3.63, 3.8) is 0 Å². The second-order valence-corrected chi connectivity index (χ2v) is 7.37. The van der Waals surface area contributed by atoms with Crippen LogP contribution < -0.4 is 5.32 Å². The van der Waals surface area contributed by atoms with Crippen molar-refractivity contribution in [3.05, 3.63) is 36.5 Å². The van der Waals surface area contributed by atoms with Crippen molar-refractivity contribution in [2.45, 2.75) is 43.2 Å². The number of pyridine rings is 1. The number of amides is 1. The Morgan fingerprint density at radius 2 is 2.04 bits per heavy atom. The maximum absolute atomic E-state index is 12.2. The minimum Gasteiger partial charge on any atom is -0.353 e. The van der Waals surface area contributed by atoms with Crippen molar-refractivity contribution in [2.24, 2.45) is 0 Å². The zero-order chi connectivity index (χ0) is 17.8. The SMILES string of the molecule is O=C(CSc1ccc2nnc(-c3ccccn3)n2n1)NC1CCCCC1. The van der Waals surface area contributed by atoms with E-state index in [2.05, 4.69) is 25.6 Å². The van der Waals surface area contributed by atoms with Crippen LogP contribution in [0.25, 0.3) is 17.2 Å². The summed E-state index contributed by atoms with van der Waals surface area (Å²) in [5, 5.41) is 16.8. The van der Waals surface area contributed by atoms with Gasteiger partial charge in [-0.1, -0.05) is 37.1 Å². The average Bonchev–Trinajstić information content (AvgIpc) is 3.11. The fourth-order valence-corrected chi connectivity index (χ4v) is 3.83. The molecule has 1 aliphatic carbocycles. The van der Waals surface area contributed by atoms with E-state index >= 15 is 0 Å². The number of fused-ring (bicyclic) bond motifs is 1. The lowest BCUT2D eigenvalue weighted by atomic mass is 9.95.